The summed E-state index contributed by atoms with van der Waals surface area (Å²) in [5.41, 5.74) is 0.979. The number of hydrogen-bond donors (Lipinski definition) is 2. The van der Waals surface area contributed by atoms with E-state index in [4.69, 9.17) is 4.74 Å². The second-order valence-electron chi connectivity index (χ2n) is 6.33. The van der Waals surface area contributed by atoms with Gasteiger partial charge >= 0.3 is 0 Å². The average molecular weight is 406 g/mol. The van der Waals surface area contributed by atoms with Crippen LogP contribution in [0.4, 0.5) is 0 Å². The van der Waals surface area contributed by atoms with Gasteiger partial charge in [0.05, 0.1) is 11.5 Å². The van der Waals surface area contributed by atoms with Gasteiger partial charge < -0.3 is 4.74 Å². The third-order valence-electron chi connectivity index (χ3n) is 4.25. The molecular formula is C16H27N3O5S2. The molecule has 2 N–H and O–H groups in total. The summed E-state index contributed by atoms with van der Waals surface area (Å²) >= 11 is 0. The lowest BCUT2D eigenvalue weighted by Gasteiger charge is -2.23. The molecule has 0 unspecified atom stereocenters. The van der Waals surface area contributed by atoms with Gasteiger partial charge in [0.25, 0.3) is 10.2 Å². The van der Waals surface area contributed by atoms with E-state index in [1.165, 1.54) is 4.31 Å². The predicted octanol–water partition coefficient (Wildman–Crippen LogP) is 0.609. The summed E-state index contributed by atoms with van der Waals surface area (Å²) in [6.45, 7) is 3.04. The van der Waals surface area contributed by atoms with E-state index >= 15 is 0 Å². The highest BCUT2D eigenvalue weighted by Crippen LogP contribution is 2.20. The topological polar surface area (TPSA) is 105 Å². The molecule has 0 amide bonds. The molecule has 1 aliphatic rings. The zero-order valence-electron chi connectivity index (χ0n) is 15.1. The smallest absolute Gasteiger partial charge is 0.279 e. The lowest BCUT2D eigenvalue weighted by molar-refractivity contribution is 0.148. The number of sulfonamides is 1. The van der Waals surface area contributed by atoms with Crippen molar-refractivity contribution in [3.8, 4) is 0 Å². The van der Waals surface area contributed by atoms with Crippen molar-refractivity contribution in [1.29, 1.82) is 0 Å². The van der Waals surface area contributed by atoms with Gasteiger partial charge in [-0.15, -0.1) is 0 Å². The molecule has 26 heavy (non-hydrogen) atoms. The minimum Gasteiger partial charge on any atom is -0.383 e. The fraction of sp³-hybridized carbons (Fsp3) is 0.625. The van der Waals surface area contributed by atoms with Gasteiger partial charge in [-0.1, -0.05) is 17.7 Å². The van der Waals surface area contributed by atoms with Crippen LogP contribution in [0.25, 0.3) is 0 Å². The van der Waals surface area contributed by atoms with Crippen LogP contribution in [0.5, 0.6) is 0 Å². The Hall–Kier alpha value is -1.04. The molecule has 0 saturated carbocycles. The van der Waals surface area contributed by atoms with E-state index in [2.05, 4.69) is 9.44 Å². The lowest BCUT2D eigenvalue weighted by Crippen LogP contribution is -2.45. The number of hydrogen-bond acceptors (Lipinski definition) is 5. The summed E-state index contributed by atoms with van der Waals surface area (Å²) in [5.74, 6) is 0. The van der Waals surface area contributed by atoms with Crippen LogP contribution in [-0.4, -0.2) is 60.5 Å². The van der Waals surface area contributed by atoms with Crippen LogP contribution in [0.15, 0.2) is 29.2 Å². The maximum Gasteiger partial charge on any atom is 0.279 e. The van der Waals surface area contributed by atoms with Crippen LogP contribution < -0.4 is 9.44 Å². The second kappa shape index (κ2) is 9.25. The number of benzene rings is 1. The highest BCUT2D eigenvalue weighted by molar-refractivity contribution is 7.89. The molecule has 8 nitrogen and oxygen atoms in total. The first-order valence-electron chi connectivity index (χ1n) is 8.58. The summed E-state index contributed by atoms with van der Waals surface area (Å²) in [7, 11) is -5.60. The van der Waals surface area contributed by atoms with E-state index in [-0.39, 0.29) is 24.0 Å². The molecule has 1 heterocycles. The van der Waals surface area contributed by atoms with Gasteiger partial charge in [-0.25, -0.2) is 17.9 Å². The molecule has 0 spiro atoms. The van der Waals surface area contributed by atoms with Crippen LogP contribution in [0, 0.1) is 6.92 Å². The number of rotatable bonds is 10. The number of nitrogens with one attached hydrogen (secondary N) is 2. The summed E-state index contributed by atoms with van der Waals surface area (Å²) in [6.07, 6.45) is 1.95. The Balaban J connectivity index is 1.78. The summed E-state index contributed by atoms with van der Waals surface area (Å²) in [4.78, 5) is 0.197. The second-order valence-corrected chi connectivity index (χ2v) is 9.80. The monoisotopic (exact) mass is 405 g/mol. The van der Waals surface area contributed by atoms with Gasteiger partial charge in [0, 0.05) is 32.8 Å². The molecule has 0 radical (unpaired) electrons. The van der Waals surface area contributed by atoms with Crippen molar-refractivity contribution in [2.24, 2.45) is 0 Å². The van der Waals surface area contributed by atoms with E-state index in [0.29, 0.717) is 19.6 Å². The Bertz CT molecular complexity index is 779. The Morgan fingerprint density at radius 2 is 1.77 bits per heavy atom. The summed E-state index contributed by atoms with van der Waals surface area (Å²) in [5, 5.41) is 0. The third kappa shape index (κ3) is 5.73. The first-order chi connectivity index (χ1) is 12.3. The third-order valence-corrected chi connectivity index (χ3v) is 7.40. The highest BCUT2D eigenvalue weighted by Gasteiger charge is 2.33. The Morgan fingerprint density at radius 1 is 1.12 bits per heavy atom. The van der Waals surface area contributed by atoms with Gasteiger partial charge in [-0.05, 0) is 38.3 Å². The van der Waals surface area contributed by atoms with E-state index in [9.17, 15) is 16.8 Å². The fourth-order valence-corrected chi connectivity index (χ4v) is 5.43. The van der Waals surface area contributed by atoms with Crippen molar-refractivity contribution in [2.75, 3.05) is 33.4 Å². The zero-order chi connectivity index (χ0) is 19.2. The predicted molar refractivity (Wildman–Crippen MR) is 99.5 cm³/mol. The highest BCUT2D eigenvalue weighted by atomic mass is 32.2. The zero-order valence-corrected chi connectivity index (χ0v) is 16.8. The normalized spacial score (nSPS) is 19.1. The van der Waals surface area contributed by atoms with Gasteiger partial charge in [0.15, 0.2) is 0 Å². The van der Waals surface area contributed by atoms with E-state index in [1.54, 1.807) is 31.4 Å². The Kier molecular flexibility index (Phi) is 7.56. The molecule has 10 heteroatoms. The quantitative estimate of drug-likeness (QED) is 0.555. The molecule has 1 atom stereocenters. The maximum absolute atomic E-state index is 12.4. The minimum absolute atomic E-state index is 0.141. The molecule has 1 fully saturated rings. The van der Waals surface area contributed by atoms with E-state index < -0.39 is 20.2 Å². The van der Waals surface area contributed by atoms with Gasteiger partial charge in [-0.3, -0.25) is 0 Å². The molecule has 1 aromatic carbocycles. The van der Waals surface area contributed by atoms with Crippen molar-refractivity contribution >= 4 is 20.2 Å². The summed E-state index contributed by atoms with van der Waals surface area (Å²) in [6, 6.07) is 6.41. The van der Waals surface area contributed by atoms with Gasteiger partial charge in [0.1, 0.15) is 0 Å². The van der Waals surface area contributed by atoms with Crippen molar-refractivity contribution in [1.82, 2.24) is 13.7 Å². The maximum atomic E-state index is 12.4. The van der Waals surface area contributed by atoms with Crippen molar-refractivity contribution < 1.29 is 21.6 Å². The lowest BCUT2D eigenvalue weighted by atomic mass is 10.2. The first-order valence-corrected chi connectivity index (χ1v) is 11.5. The van der Waals surface area contributed by atoms with Crippen LogP contribution in [0.2, 0.25) is 0 Å². The minimum atomic E-state index is -3.58. The standard InChI is InChI=1S/C16H27N3O5S2/c1-14-6-8-16(9-7-14)25(20,21)17-10-4-11-18-26(22,23)19-12-3-5-15(19)13-24-2/h6-9,15,17-18H,3-5,10-13H2,1-2H3/t15-/m1/s1. The molecule has 148 valence electrons. The molecule has 0 bridgehead atoms. The van der Waals surface area contributed by atoms with Crippen molar-refractivity contribution in [2.45, 2.75) is 37.1 Å². The molecular weight excluding hydrogens is 378 g/mol. The molecule has 0 aromatic heterocycles. The fourth-order valence-electron chi connectivity index (χ4n) is 2.86. The first kappa shape index (κ1) is 21.3. The van der Waals surface area contributed by atoms with E-state index in [1.807, 2.05) is 6.92 Å². The average Bonchev–Trinajstić information content (AvgIpc) is 3.04. The van der Waals surface area contributed by atoms with Crippen molar-refractivity contribution in [3.05, 3.63) is 29.8 Å². The molecule has 1 aliphatic heterocycles. The Morgan fingerprint density at radius 3 is 2.42 bits per heavy atom. The van der Waals surface area contributed by atoms with Crippen LogP contribution in [0.3, 0.4) is 0 Å². The molecule has 2 rings (SSSR count). The van der Waals surface area contributed by atoms with Crippen molar-refractivity contribution in [3.63, 3.8) is 0 Å². The number of methoxy groups -OCH3 is 1. The number of nitrogens with zero attached hydrogens (tertiary/aromatic N) is 1. The van der Waals surface area contributed by atoms with Crippen LogP contribution in [-0.2, 0) is 25.0 Å². The molecule has 1 aromatic rings. The molecule has 1 saturated heterocycles. The summed E-state index contributed by atoms with van der Waals surface area (Å²) < 4.78 is 60.5. The largest absolute Gasteiger partial charge is 0.383 e. The van der Waals surface area contributed by atoms with Gasteiger partial charge in [0.2, 0.25) is 10.0 Å². The SMILES string of the molecule is COC[C@H]1CCCN1S(=O)(=O)NCCCNS(=O)(=O)c1ccc(C)cc1. The van der Waals surface area contributed by atoms with Crippen LogP contribution in [0.1, 0.15) is 24.8 Å². The number of ether oxygens (including phenoxy) is 1. The Labute approximate surface area is 156 Å². The molecule has 0 aliphatic carbocycles. The number of aryl methyl sites for hydroxylation is 1. The van der Waals surface area contributed by atoms with E-state index in [0.717, 1.165) is 18.4 Å². The van der Waals surface area contributed by atoms with Gasteiger partial charge in [-0.2, -0.15) is 12.7 Å². The van der Waals surface area contributed by atoms with Crippen LogP contribution >= 0.6 is 0 Å².